The summed E-state index contributed by atoms with van der Waals surface area (Å²) in [6.45, 7) is 0.931. The van der Waals surface area contributed by atoms with Gasteiger partial charge >= 0.3 is 0 Å². The largest absolute Gasteiger partial charge is 0.486 e. The molecule has 1 saturated carbocycles. The Bertz CT molecular complexity index is 1550. The van der Waals surface area contributed by atoms with Gasteiger partial charge in [0.25, 0.3) is 5.91 Å². The second-order valence-corrected chi connectivity index (χ2v) is 10.6. The summed E-state index contributed by atoms with van der Waals surface area (Å²) >= 11 is 0. The quantitative estimate of drug-likeness (QED) is 0.305. The Hall–Kier alpha value is -4.46. The van der Waals surface area contributed by atoms with Crippen molar-refractivity contribution in [3.8, 4) is 11.5 Å². The van der Waals surface area contributed by atoms with Gasteiger partial charge in [-0.1, -0.05) is 43.5 Å². The number of benzene rings is 3. The molecule has 0 radical (unpaired) electrons. The van der Waals surface area contributed by atoms with Gasteiger partial charge in [0.05, 0.1) is 5.52 Å². The van der Waals surface area contributed by atoms with Crippen molar-refractivity contribution in [2.45, 2.75) is 50.7 Å². The van der Waals surface area contributed by atoms with Crippen LogP contribution in [0.2, 0.25) is 0 Å². The van der Waals surface area contributed by atoms with Gasteiger partial charge in [-0.15, -0.1) is 0 Å². The number of nitrogens with one attached hydrogen (secondary N) is 1. The number of hydrogen-bond acceptors (Lipinski definition) is 5. The molecule has 0 unspecified atom stereocenters. The van der Waals surface area contributed by atoms with Crippen LogP contribution in [0.5, 0.6) is 11.5 Å². The molecule has 8 heteroatoms. The van der Waals surface area contributed by atoms with Gasteiger partial charge in [0, 0.05) is 29.7 Å². The van der Waals surface area contributed by atoms with Crippen LogP contribution in [0.3, 0.4) is 0 Å². The normalized spacial score (nSPS) is 15.7. The third kappa shape index (κ3) is 6.01. The van der Waals surface area contributed by atoms with Crippen molar-refractivity contribution >= 4 is 22.7 Å². The predicted octanol–water partition coefficient (Wildman–Crippen LogP) is 5.98. The summed E-state index contributed by atoms with van der Waals surface area (Å²) < 4.78 is 25.2. The zero-order chi connectivity index (χ0) is 28.2. The molecule has 1 N–H and O–H groups in total. The molecular weight excluding hydrogens is 521 g/mol. The van der Waals surface area contributed by atoms with Crippen LogP contribution in [0.1, 0.15) is 59.6 Å². The van der Waals surface area contributed by atoms with Crippen LogP contribution in [-0.4, -0.2) is 41.0 Å². The summed E-state index contributed by atoms with van der Waals surface area (Å²) in [5, 5.41) is 4.11. The van der Waals surface area contributed by atoms with Gasteiger partial charge in [-0.3, -0.25) is 14.6 Å². The van der Waals surface area contributed by atoms with Gasteiger partial charge in [-0.2, -0.15) is 0 Å². The van der Waals surface area contributed by atoms with Gasteiger partial charge in [0.15, 0.2) is 11.5 Å². The van der Waals surface area contributed by atoms with Gasteiger partial charge in [0.1, 0.15) is 25.1 Å². The maximum absolute atomic E-state index is 14.3. The summed E-state index contributed by atoms with van der Waals surface area (Å²) in [7, 11) is 0. The molecular formula is C33H32FN3O4. The average molecular weight is 554 g/mol. The summed E-state index contributed by atoms with van der Waals surface area (Å²) in [6.07, 6.45) is 6.83. The van der Waals surface area contributed by atoms with Gasteiger partial charge in [0.2, 0.25) is 5.91 Å². The number of hydrogen-bond donors (Lipinski definition) is 1. The predicted molar refractivity (Wildman–Crippen MR) is 153 cm³/mol. The minimum Gasteiger partial charge on any atom is -0.486 e. The number of ether oxygens (including phenoxy) is 2. The monoisotopic (exact) mass is 553 g/mol. The van der Waals surface area contributed by atoms with E-state index in [9.17, 15) is 14.0 Å². The van der Waals surface area contributed by atoms with E-state index in [2.05, 4.69) is 10.3 Å². The van der Waals surface area contributed by atoms with Crippen molar-refractivity contribution in [1.82, 2.24) is 15.2 Å². The number of fused-ring (bicyclic) bond motifs is 2. The highest BCUT2D eigenvalue weighted by Crippen LogP contribution is 2.34. The summed E-state index contributed by atoms with van der Waals surface area (Å²) in [5.74, 6) is 0.108. The number of carbonyl (C=O) groups excluding carboxylic acids is 2. The first kappa shape index (κ1) is 26.7. The molecule has 0 saturated heterocycles. The van der Waals surface area contributed by atoms with Crippen molar-refractivity contribution in [3.05, 3.63) is 102 Å². The fourth-order valence-corrected chi connectivity index (χ4v) is 5.67. The summed E-state index contributed by atoms with van der Waals surface area (Å²) in [6, 6.07) is 19.6. The van der Waals surface area contributed by atoms with Crippen LogP contribution in [-0.2, 0) is 11.3 Å². The lowest BCUT2D eigenvalue weighted by atomic mass is 9.94. The molecule has 1 aromatic heterocycles. The van der Waals surface area contributed by atoms with E-state index in [0.29, 0.717) is 41.4 Å². The number of amides is 2. The lowest BCUT2D eigenvalue weighted by Crippen LogP contribution is -2.46. The van der Waals surface area contributed by atoms with E-state index in [1.807, 2.05) is 30.3 Å². The molecule has 3 aromatic carbocycles. The number of pyridine rings is 1. The van der Waals surface area contributed by atoms with E-state index in [4.69, 9.17) is 9.47 Å². The zero-order valence-corrected chi connectivity index (χ0v) is 22.7. The van der Waals surface area contributed by atoms with E-state index in [-0.39, 0.29) is 30.2 Å². The molecule has 4 aromatic rings. The molecule has 41 heavy (non-hydrogen) atoms. The molecule has 0 spiro atoms. The Morgan fingerprint density at radius 2 is 1.71 bits per heavy atom. The first-order chi connectivity index (χ1) is 20.0. The number of aromatic nitrogens is 1. The number of halogens is 1. The highest BCUT2D eigenvalue weighted by molar-refractivity contribution is 5.99. The smallest absolute Gasteiger partial charge is 0.255 e. The second kappa shape index (κ2) is 12.0. The molecule has 2 amide bonds. The highest BCUT2D eigenvalue weighted by atomic mass is 19.1. The Morgan fingerprint density at radius 1 is 0.927 bits per heavy atom. The summed E-state index contributed by atoms with van der Waals surface area (Å²) in [4.78, 5) is 34.5. The third-order valence-electron chi connectivity index (χ3n) is 7.77. The highest BCUT2D eigenvalue weighted by Gasteiger charge is 2.34. The van der Waals surface area contributed by atoms with Crippen molar-refractivity contribution in [2.24, 2.45) is 0 Å². The second-order valence-electron chi connectivity index (χ2n) is 10.6. The van der Waals surface area contributed by atoms with E-state index in [1.165, 1.54) is 12.1 Å². The Balaban J connectivity index is 1.43. The van der Waals surface area contributed by atoms with Crippen molar-refractivity contribution in [3.63, 3.8) is 0 Å². The standard InChI is InChI=1S/C33H32FN3O4/c34-26-12-8-22(9-13-26)21-37(33(39)25-11-15-29-30(20-25)41-18-17-40-29)31(32(38)36-27-6-2-1-3-7-27)24-10-14-28-23(19-24)5-4-16-35-28/h4-5,8-16,19-20,27,31H,1-3,6-7,17-18,21H2,(H,36,38)/t31-/m0/s1. The molecule has 0 bridgehead atoms. The minimum absolute atomic E-state index is 0.0536. The van der Waals surface area contributed by atoms with Crippen LogP contribution in [0.15, 0.2) is 79.0 Å². The molecule has 7 nitrogen and oxygen atoms in total. The third-order valence-corrected chi connectivity index (χ3v) is 7.77. The van der Waals surface area contributed by atoms with E-state index in [1.54, 1.807) is 41.4 Å². The van der Waals surface area contributed by atoms with E-state index < -0.39 is 6.04 Å². The first-order valence-corrected chi connectivity index (χ1v) is 14.2. The average Bonchev–Trinajstić information content (AvgIpc) is 3.01. The molecule has 2 heterocycles. The summed E-state index contributed by atoms with van der Waals surface area (Å²) in [5.41, 5.74) is 2.54. The van der Waals surface area contributed by atoms with Crippen LogP contribution < -0.4 is 14.8 Å². The lowest BCUT2D eigenvalue weighted by Gasteiger charge is -2.34. The lowest BCUT2D eigenvalue weighted by molar-refractivity contribution is -0.127. The number of nitrogens with zero attached hydrogens (tertiary/aromatic N) is 2. The fraction of sp³-hybridized carbons (Fsp3) is 0.303. The van der Waals surface area contributed by atoms with Crippen LogP contribution in [0.25, 0.3) is 10.9 Å². The van der Waals surface area contributed by atoms with Crippen LogP contribution in [0, 0.1) is 5.82 Å². The number of carbonyl (C=O) groups is 2. The van der Waals surface area contributed by atoms with E-state index >= 15 is 0 Å². The van der Waals surface area contributed by atoms with Crippen LogP contribution in [0.4, 0.5) is 4.39 Å². The molecule has 210 valence electrons. The molecule has 1 aliphatic heterocycles. The minimum atomic E-state index is -0.938. The van der Waals surface area contributed by atoms with Crippen LogP contribution >= 0.6 is 0 Å². The van der Waals surface area contributed by atoms with Gasteiger partial charge in [-0.25, -0.2) is 4.39 Å². The number of rotatable bonds is 7. The Kier molecular flexibility index (Phi) is 7.80. The Morgan fingerprint density at radius 3 is 2.51 bits per heavy atom. The van der Waals surface area contributed by atoms with Crippen molar-refractivity contribution in [2.75, 3.05) is 13.2 Å². The van der Waals surface area contributed by atoms with Gasteiger partial charge in [-0.05, 0) is 72.5 Å². The molecule has 1 atom stereocenters. The SMILES string of the molecule is O=C(NC1CCCCC1)[C@H](c1ccc2ncccc2c1)N(Cc1ccc(F)cc1)C(=O)c1ccc2c(c1)OCCO2. The first-order valence-electron chi connectivity index (χ1n) is 14.2. The maximum atomic E-state index is 14.3. The van der Waals surface area contributed by atoms with Gasteiger partial charge < -0.3 is 19.7 Å². The van der Waals surface area contributed by atoms with Crippen molar-refractivity contribution in [1.29, 1.82) is 0 Å². The molecule has 6 rings (SSSR count). The Labute approximate surface area is 238 Å². The van der Waals surface area contributed by atoms with Crippen molar-refractivity contribution < 1.29 is 23.5 Å². The zero-order valence-electron chi connectivity index (χ0n) is 22.7. The fourth-order valence-electron chi connectivity index (χ4n) is 5.67. The topological polar surface area (TPSA) is 80.8 Å². The maximum Gasteiger partial charge on any atom is 0.255 e. The molecule has 2 aliphatic rings. The molecule has 1 fully saturated rings. The molecule has 1 aliphatic carbocycles. The van der Waals surface area contributed by atoms with E-state index in [0.717, 1.165) is 43.0 Å².